The smallest absolute Gasteiger partial charge is 0.399 e. The topological polar surface area (TPSA) is 60.2 Å². The van der Waals surface area contributed by atoms with E-state index in [0.29, 0.717) is 17.3 Å². The molecule has 0 aromatic heterocycles. The second-order valence-electron chi connectivity index (χ2n) is 4.53. The van der Waals surface area contributed by atoms with Crippen LogP contribution in [0.25, 0.3) is 0 Å². The number of anilines is 1. The summed E-state index contributed by atoms with van der Waals surface area (Å²) in [4.78, 5) is -0.353. The Morgan fingerprint density at radius 3 is 2.19 bits per heavy atom. The highest BCUT2D eigenvalue weighted by molar-refractivity contribution is 7.90. The van der Waals surface area contributed by atoms with Gasteiger partial charge in [0.05, 0.1) is 16.2 Å². The first-order valence-electron chi connectivity index (χ1n) is 5.93. The maximum atomic E-state index is 12.6. The number of benzene rings is 2. The van der Waals surface area contributed by atoms with E-state index in [1.165, 1.54) is 24.3 Å². The molecule has 0 saturated carbocycles. The predicted molar refractivity (Wildman–Crippen MR) is 73.2 cm³/mol. The van der Waals surface area contributed by atoms with E-state index in [2.05, 4.69) is 0 Å². The quantitative estimate of drug-likeness (QED) is 0.884. The third-order valence-electron chi connectivity index (χ3n) is 2.86. The highest BCUT2D eigenvalue weighted by Crippen LogP contribution is 2.31. The lowest BCUT2D eigenvalue weighted by Crippen LogP contribution is -2.09. The molecule has 0 bridgehead atoms. The highest BCUT2D eigenvalue weighted by atomic mass is 32.2. The van der Waals surface area contributed by atoms with Gasteiger partial charge in [0.25, 0.3) is 0 Å². The lowest BCUT2D eigenvalue weighted by molar-refractivity contribution is -0.137. The Morgan fingerprint density at radius 1 is 1.00 bits per heavy atom. The molecule has 2 aromatic carbocycles. The van der Waals surface area contributed by atoms with Gasteiger partial charge >= 0.3 is 6.18 Å². The number of nitrogen functional groups attached to an aromatic ring is 1. The third kappa shape index (κ3) is 3.75. The molecule has 0 amide bonds. The van der Waals surface area contributed by atoms with Gasteiger partial charge in [-0.15, -0.1) is 0 Å². The van der Waals surface area contributed by atoms with Crippen molar-refractivity contribution in [1.82, 2.24) is 0 Å². The second kappa shape index (κ2) is 5.40. The first-order chi connectivity index (χ1) is 9.68. The number of nitrogens with two attached hydrogens (primary N) is 1. The molecule has 0 heterocycles. The van der Waals surface area contributed by atoms with Crippen molar-refractivity contribution in [3.63, 3.8) is 0 Å². The average molecular weight is 315 g/mol. The lowest BCUT2D eigenvalue weighted by Gasteiger charge is -2.09. The van der Waals surface area contributed by atoms with E-state index in [-0.39, 0.29) is 10.6 Å². The normalized spacial score (nSPS) is 12.3. The zero-order valence-corrected chi connectivity index (χ0v) is 11.6. The van der Waals surface area contributed by atoms with Crippen molar-refractivity contribution >= 4 is 15.5 Å². The van der Waals surface area contributed by atoms with Crippen LogP contribution in [0.5, 0.6) is 0 Å². The predicted octanol–water partition coefficient (Wildman–Crippen LogP) is 3.26. The molecule has 0 fully saturated rings. The van der Waals surface area contributed by atoms with Crippen molar-refractivity contribution in [3.05, 3.63) is 59.7 Å². The molecule has 0 radical (unpaired) electrons. The number of halogens is 3. The zero-order valence-electron chi connectivity index (χ0n) is 10.8. The summed E-state index contributed by atoms with van der Waals surface area (Å²) in [6.07, 6.45) is -4.58. The molecule has 0 atom stereocenters. The second-order valence-corrected chi connectivity index (χ2v) is 6.52. The molecule has 0 unspecified atom stereocenters. The van der Waals surface area contributed by atoms with Gasteiger partial charge in [-0.1, -0.05) is 18.2 Å². The summed E-state index contributed by atoms with van der Waals surface area (Å²) < 4.78 is 62.2. The lowest BCUT2D eigenvalue weighted by atomic mass is 10.2. The first kappa shape index (κ1) is 15.4. The van der Waals surface area contributed by atoms with Gasteiger partial charge in [-0.25, -0.2) is 8.42 Å². The molecule has 2 aromatic rings. The van der Waals surface area contributed by atoms with E-state index in [4.69, 9.17) is 5.73 Å². The van der Waals surface area contributed by atoms with Crippen LogP contribution in [0.15, 0.2) is 53.4 Å². The van der Waals surface area contributed by atoms with Crippen molar-refractivity contribution in [2.75, 3.05) is 5.73 Å². The molecule has 0 aliphatic heterocycles. The number of hydrogen-bond donors (Lipinski definition) is 1. The van der Waals surface area contributed by atoms with Crippen LogP contribution in [0.1, 0.15) is 11.1 Å². The van der Waals surface area contributed by atoms with Gasteiger partial charge in [0.1, 0.15) is 0 Å². The molecule has 0 aliphatic carbocycles. The first-order valence-corrected chi connectivity index (χ1v) is 7.58. The molecular weight excluding hydrogens is 303 g/mol. The summed E-state index contributed by atoms with van der Waals surface area (Å²) >= 11 is 0. The maximum absolute atomic E-state index is 12.6. The van der Waals surface area contributed by atoms with Crippen molar-refractivity contribution in [2.45, 2.75) is 16.8 Å². The standard InChI is InChI=1S/C14H12F3NO2S/c15-14(16,17)11-2-1-3-13(8-11)21(19,20)9-10-4-6-12(18)7-5-10/h1-8H,9,18H2. The van der Waals surface area contributed by atoms with Crippen LogP contribution in [0, 0.1) is 0 Å². The van der Waals surface area contributed by atoms with E-state index in [1.807, 2.05) is 0 Å². The number of alkyl halides is 3. The molecule has 2 rings (SSSR count). The van der Waals surface area contributed by atoms with Gasteiger partial charge in [0.15, 0.2) is 9.84 Å². The molecule has 0 spiro atoms. The number of rotatable bonds is 3. The van der Waals surface area contributed by atoms with Crippen LogP contribution in [-0.4, -0.2) is 8.42 Å². The van der Waals surface area contributed by atoms with E-state index in [9.17, 15) is 21.6 Å². The van der Waals surface area contributed by atoms with Gasteiger partial charge in [-0.3, -0.25) is 0 Å². The summed E-state index contributed by atoms with van der Waals surface area (Å²) in [6.45, 7) is 0. The Morgan fingerprint density at radius 2 is 1.62 bits per heavy atom. The Hall–Kier alpha value is -2.02. The van der Waals surface area contributed by atoms with Gasteiger partial charge in [-0.2, -0.15) is 13.2 Å². The monoisotopic (exact) mass is 315 g/mol. The minimum atomic E-state index is -4.58. The summed E-state index contributed by atoms with van der Waals surface area (Å²) in [5, 5.41) is 0. The fraction of sp³-hybridized carbons (Fsp3) is 0.143. The third-order valence-corrected chi connectivity index (χ3v) is 4.54. The van der Waals surface area contributed by atoms with Gasteiger partial charge in [-0.05, 0) is 35.9 Å². The molecule has 112 valence electrons. The maximum Gasteiger partial charge on any atom is 0.416 e. The Labute approximate surface area is 120 Å². The van der Waals surface area contributed by atoms with Crippen LogP contribution < -0.4 is 5.73 Å². The van der Waals surface area contributed by atoms with Crippen LogP contribution in [0.3, 0.4) is 0 Å². The van der Waals surface area contributed by atoms with Crippen molar-refractivity contribution in [3.8, 4) is 0 Å². The van der Waals surface area contributed by atoms with Gasteiger partial charge in [0.2, 0.25) is 0 Å². The largest absolute Gasteiger partial charge is 0.416 e. The van der Waals surface area contributed by atoms with E-state index < -0.39 is 21.6 Å². The molecular formula is C14H12F3NO2S. The number of hydrogen-bond acceptors (Lipinski definition) is 3. The van der Waals surface area contributed by atoms with Crippen LogP contribution in [0.2, 0.25) is 0 Å². The van der Waals surface area contributed by atoms with Crippen molar-refractivity contribution in [1.29, 1.82) is 0 Å². The Bertz CT molecular complexity index is 738. The average Bonchev–Trinajstić information content (AvgIpc) is 2.40. The van der Waals surface area contributed by atoms with Crippen molar-refractivity contribution < 1.29 is 21.6 Å². The molecule has 3 nitrogen and oxygen atoms in total. The summed E-state index contributed by atoms with van der Waals surface area (Å²) in [7, 11) is -3.85. The molecule has 0 saturated heterocycles. The summed E-state index contributed by atoms with van der Waals surface area (Å²) in [5.41, 5.74) is 5.45. The molecule has 0 aliphatic rings. The minimum absolute atomic E-state index is 0.353. The van der Waals surface area contributed by atoms with Crippen molar-refractivity contribution in [2.24, 2.45) is 0 Å². The fourth-order valence-corrected chi connectivity index (χ4v) is 3.17. The SMILES string of the molecule is Nc1ccc(CS(=O)(=O)c2cccc(C(F)(F)F)c2)cc1. The van der Waals surface area contributed by atoms with Crippen LogP contribution in [-0.2, 0) is 21.8 Å². The van der Waals surface area contributed by atoms with Crippen LogP contribution in [0.4, 0.5) is 18.9 Å². The van der Waals surface area contributed by atoms with E-state index in [1.54, 1.807) is 0 Å². The van der Waals surface area contributed by atoms with E-state index in [0.717, 1.165) is 18.2 Å². The highest BCUT2D eigenvalue weighted by Gasteiger charge is 2.31. The van der Waals surface area contributed by atoms with E-state index >= 15 is 0 Å². The molecule has 21 heavy (non-hydrogen) atoms. The minimum Gasteiger partial charge on any atom is -0.399 e. The summed E-state index contributed by atoms with van der Waals surface area (Å²) in [5.74, 6) is -0.380. The Balaban J connectivity index is 2.34. The summed E-state index contributed by atoms with van der Waals surface area (Å²) in [6, 6.07) is 9.85. The zero-order chi connectivity index (χ0) is 15.7. The Kier molecular flexibility index (Phi) is 3.95. The fourth-order valence-electron chi connectivity index (χ4n) is 1.78. The molecule has 2 N–H and O–H groups in total. The van der Waals surface area contributed by atoms with Gasteiger partial charge < -0.3 is 5.73 Å². The van der Waals surface area contributed by atoms with Gasteiger partial charge in [0, 0.05) is 5.69 Å². The van der Waals surface area contributed by atoms with Crippen LogP contribution >= 0.6 is 0 Å². The molecule has 7 heteroatoms. The number of sulfone groups is 1.